The Balaban J connectivity index is 2.09. The van der Waals surface area contributed by atoms with E-state index in [1.54, 1.807) is 31.3 Å². The fraction of sp³-hybridized carbons (Fsp3) is 0.167. The van der Waals surface area contributed by atoms with Gasteiger partial charge in [-0.25, -0.2) is 9.48 Å². The zero-order valence-electron chi connectivity index (χ0n) is 13.7. The first kappa shape index (κ1) is 16.9. The van der Waals surface area contributed by atoms with Gasteiger partial charge in [-0.1, -0.05) is 47.5 Å². The predicted octanol–water partition coefficient (Wildman–Crippen LogP) is 2.70. The molecule has 1 N–H and O–H groups in total. The Kier molecular flexibility index (Phi) is 3.89. The summed E-state index contributed by atoms with van der Waals surface area (Å²) in [5, 5.41) is 5.59. The smallest absolute Gasteiger partial charge is 0.273 e. The van der Waals surface area contributed by atoms with Gasteiger partial charge in [-0.15, -0.1) is 0 Å². The van der Waals surface area contributed by atoms with Gasteiger partial charge in [-0.3, -0.25) is 10.2 Å². The molecule has 0 aliphatic carbocycles. The van der Waals surface area contributed by atoms with Gasteiger partial charge in [0.1, 0.15) is 0 Å². The second kappa shape index (κ2) is 6.00. The molecule has 0 saturated carbocycles. The van der Waals surface area contributed by atoms with E-state index in [1.807, 2.05) is 24.3 Å². The lowest BCUT2D eigenvalue weighted by Crippen LogP contribution is -2.48. The zero-order valence-corrected chi connectivity index (χ0v) is 15.3. The molecule has 0 bridgehead atoms. The van der Waals surface area contributed by atoms with E-state index in [2.05, 4.69) is 10.5 Å². The average Bonchev–Trinajstić information content (AvgIpc) is 2.91. The molecule has 1 aliphatic heterocycles. The van der Waals surface area contributed by atoms with Gasteiger partial charge in [0.15, 0.2) is 5.82 Å². The van der Waals surface area contributed by atoms with Gasteiger partial charge in [0.2, 0.25) is 5.91 Å². The normalized spacial score (nSPS) is 15.4. The summed E-state index contributed by atoms with van der Waals surface area (Å²) < 4.78 is 2.41. The van der Waals surface area contributed by atoms with Crippen LogP contribution < -0.4 is 11.1 Å². The van der Waals surface area contributed by atoms with E-state index in [1.165, 1.54) is 9.36 Å². The number of amides is 1. The van der Waals surface area contributed by atoms with Gasteiger partial charge >= 0.3 is 5.69 Å². The molecule has 0 saturated heterocycles. The van der Waals surface area contributed by atoms with E-state index >= 15 is 0 Å². The molecule has 26 heavy (non-hydrogen) atoms. The number of aromatic nitrogens is 3. The third-order valence-corrected chi connectivity index (χ3v) is 5.15. The average molecular weight is 389 g/mol. The highest BCUT2D eigenvalue weighted by molar-refractivity contribution is 6.30. The molecule has 1 aliphatic rings. The molecule has 132 valence electrons. The minimum Gasteiger partial charge on any atom is -0.273 e. The lowest BCUT2D eigenvalue weighted by atomic mass is 9.70. The van der Waals surface area contributed by atoms with E-state index in [9.17, 15) is 9.59 Å². The van der Waals surface area contributed by atoms with E-state index in [4.69, 9.17) is 23.2 Å². The van der Waals surface area contributed by atoms with Crippen molar-refractivity contribution in [1.29, 1.82) is 0 Å². The summed E-state index contributed by atoms with van der Waals surface area (Å²) in [7, 11) is 1.55. The van der Waals surface area contributed by atoms with E-state index in [-0.39, 0.29) is 12.3 Å². The standard InChI is InChI=1S/C18H14Cl2N4O2/c1-23-17(26)24-16(22-23)18(10-15(25)21-24,11-2-6-13(19)7-3-11)12-4-8-14(20)9-5-12/h2-9H,10H2,1H3,(H,21,25). The van der Waals surface area contributed by atoms with E-state index in [0.29, 0.717) is 15.9 Å². The number of carbonyl (C=O) groups excluding carboxylic acids is 1. The summed E-state index contributed by atoms with van der Waals surface area (Å²) in [4.78, 5) is 24.9. The van der Waals surface area contributed by atoms with Crippen molar-refractivity contribution in [3.63, 3.8) is 0 Å². The molecule has 6 nitrogen and oxygen atoms in total. The van der Waals surface area contributed by atoms with Crippen LogP contribution in [0.4, 0.5) is 0 Å². The second-order valence-corrected chi connectivity index (χ2v) is 7.07. The van der Waals surface area contributed by atoms with Gasteiger partial charge in [-0.2, -0.15) is 9.77 Å². The Morgan fingerprint density at radius 2 is 1.46 bits per heavy atom. The molecule has 0 spiro atoms. The van der Waals surface area contributed by atoms with Crippen molar-refractivity contribution in [1.82, 2.24) is 14.5 Å². The molecular weight excluding hydrogens is 375 g/mol. The largest absolute Gasteiger partial charge is 0.364 e. The maximum Gasteiger partial charge on any atom is 0.364 e. The number of nitrogens with zero attached hydrogens (tertiary/aromatic N) is 3. The molecule has 0 radical (unpaired) electrons. The Hall–Kier alpha value is -2.57. The van der Waals surface area contributed by atoms with Crippen LogP contribution >= 0.6 is 23.2 Å². The number of carbonyl (C=O) groups is 1. The lowest BCUT2D eigenvalue weighted by Gasteiger charge is -2.36. The molecule has 4 rings (SSSR count). The van der Waals surface area contributed by atoms with Crippen molar-refractivity contribution in [3.05, 3.63) is 86.0 Å². The van der Waals surface area contributed by atoms with Crippen molar-refractivity contribution >= 4 is 29.1 Å². The van der Waals surface area contributed by atoms with Crippen molar-refractivity contribution in [2.24, 2.45) is 7.05 Å². The highest BCUT2D eigenvalue weighted by Crippen LogP contribution is 2.43. The monoisotopic (exact) mass is 388 g/mol. The first-order valence-electron chi connectivity index (χ1n) is 7.90. The first-order chi connectivity index (χ1) is 12.4. The molecular formula is C18H14Cl2N4O2. The van der Waals surface area contributed by atoms with Crippen LogP contribution in [0.5, 0.6) is 0 Å². The van der Waals surface area contributed by atoms with Crippen LogP contribution in [0.25, 0.3) is 0 Å². The zero-order chi connectivity index (χ0) is 18.5. The number of fused-ring (bicyclic) bond motifs is 1. The molecule has 1 amide bonds. The van der Waals surface area contributed by atoms with Crippen molar-refractivity contribution in [2.45, 2.75) is 11.8 Å². The molecule has 1 aromatic heterocycles. The summed E-state index contributed by atoms with van der Waals surface area (Å²) in [6.45, 7) is 0. The Bertz CT molecular complexity index is 1010. The molecule has 0 atom stereocenters. The van der Waals surface area contributed by atoms with Crippen LogP contribution in [0, 0.1) is 0 Å². The van der Waals surface area contributed by atoms with Crippen LogP contribution in [0.1, 0.15) is 23.4 Å². The van der Waals surface area contributed by atoms with Crippen molar-refractivity contribution in [3.8, 4) is 0 Å². The summed E-state index contributed by atoms with van der Waals surface area (Å²) in [6, 6.07) is 14.4. The summed E-state index contributed by atoms with van der Waals surface area (Å²) in [5.41, 5.74) is 2.87. The number of halogens is 2. The van der Waals surface area contributed by atoms with Crippen LogP contribution in [-0.4, -0.2) is 20.4 Å². The molecule has 0 fully saturated rings. The third-order valence-electron chi connectivity index (χ3n) is 4.64. The Morgan fingerprint density at radius 1 is 0.962 bits per heavy atom. The van der Waals surface area contributed by atoms with Gasteiger partial charge in [0, 0.05) is 23.5 Å². The van der Waals surface area contributed by atoms with Crippen molar-refractivity contribution < 1.29 is 4.79 Å². The number of rotatable bonds is 2. The van der Waals surface area contributed by atoms with Gasteiger partial charge < -0.3 is 0 Å². The fourth-order valence-corrected chi connectivity index (χ4v) is 3.68. The summed E-state index contributed by atoms with van der Waals surface area (Å²) in [5.74, 6) is 0.159. The lowest BCUT2D eigenvalue weighted by molar-refractivity contribution is -0.118. The quantitative estimate of drug-likeness (QED) is 0.733. The highest BCUT2D eigenvalue weighted by atomic mass is 35.5. The number of hydrogen-bond acceptors (Lipinski definition) is 3. The molecule has 3 aromatic rings. The number of aryl methyl sites for hydroxylation is 1. The molecule has 2 aromatic carbocycles. The van der Waals surface area contributed by atoms with E-state index in [0.717, 1.165) is 11.1 Å². The molecule has 0 unspecified atom stereocenters. The van der Waals surface area contributed by atoms with Gasteiger partial charge in [0.05, 0.1) is 5.41 Å². The van der Waals surface area contributed by atoms with Crippen molar-refractivity contribution in [2.75, 3.05) is 5.43 Å². The molecule has 8 heteroatoms. The maximum atomic E-state index is 12.5. The van der Waals surface area contributed by atoms with E-state index < -0.39 is 11.1 Å². The number of hydrogen-bond donors (Lipinski definition) is 1. The second-order valence-electron chi connectivity index (χ2n) is 6.20. The Morgan fingerprint density at radius 3 is 1.96 bits per heavy atom. The fourth-order valence-electron chi connectivity index (χ4n) is 3.42. The van der Waals surface area contributed by atoms with Gasteiger partial charge in [-0.05, 0) is 35.4 Å². The Labute approximate surface area is 158 Å². The summed E-state index contributed by atoms with van der Waals surface area (Å²) >= 11 is 12.1. The maximum absolute atomic E-state index is 12.5. The summed E-state index contributed by atoms with van der Waals surface area (Å²) in [6.07, 6.45) is 0.104. The number of nitrogens with one attached hydrogen (secondary N) is 1. The molecule has 2 heterocycles. The minimum atomic E-state index is -0.933. The van der Waals surface area contributed by atoms with Crippen LogP contribution in [0.2, 0.25) is 10.0 Å². The predicted molar refractivity (Wildman–Crippen MR) is 99.2 cm³/mol. The number of benzene rings is 2. The SMILES string of the molecule is Cn1nc2n(c1=O)NC(=O)CC2(c1ccc(Cl)cc1)c1ccc(Cl)cc1. The van der Waals surface area contributed by atoms with Crippen LogP contribution in [-0.2, 0) is 17.3 Å². The topological polar surface area (TPSA) is 68.9 Å². The van der Waals surface area contributed by atoms with Crippen LogP contribution in [0.3, 0.4) is 0 Å². The minimum absolute atomic E-state index is 0.104. The third kappa shape index (κ3) is 2.45. The first-order valence-corrected chi connectivity index (χ1v) is 8.66. The van der Waals surface area contributed by atoms with Crippen LogP contribution in [0.15, 0.2) is 53.3 Å². The highest BCUT2D eigenvalue weighted by Gasteiger charge is 2.47. The van der Waals surface area contributed by atoms with Gasteiger partial charge in [0.25, 0.3) is 0 Å².